The summed E-state index contributed by atoms with van der Waals surface area (Å²) < 4.78 is 0. The lowest BCUT2D eigenvalue weighted by Crippen LogP contribution is -2.41. The predicted molar refractivity (Wildman–Crippen MR) is 89.6 cm³/mol. The van der Waals surface area contributed by atoms with Crippen LogP contribution in [0.3, 0.4) is 0 Å². The van der Waals surface area contributed by atoms with Crippen molar-refractivity contribution in [1.29, 1.82) is 0 Å². The molecule has 1 rings (SSSR count). The molecule has 1 aromatic rings. The standard InChI is InChI=1S/C17H31N3/c1-7-18-15(4)16-11-9-10-12-17(16)20(8-2)14(3)13-19(5)6/h9-12,14-15,18H,7-8,13H2,1-6H3. The van der Waals surface area contributed by atoms with Gasteiger partial charge < -0.3 is 15.1 Å². The average molecular weight is 277 g/mol. The van der Waals surface area contributed by atoms with Crippen molar-refractivity contribution in [3.63, 3.8) is 0 Å². The van der Waals surface area contributed by atoms with Crippen LogP contribution in [0, 0.1) is 0 Å². The van der Waals surface area contributed by atoms with E-state index in [1.165, 1.54) is 11.3 Å². The second-order valence-electron chi connectivity index (χ2n) is 5.74. The number of hydrogen-bond acceptors (Lipinski definition) is 3. The zero-order valence-electron chi connectivity index (χ0n) is 14.0. The van der Waals surface area contributed by atoms with Crippen molar-refractivity contribution in [2.24, 2.45) is 0 Å². The lowest BCUT2D eigenvalue weighted by Gasteiger charge is -2.34. The fourth-order valence-corrected chi connectivity index (χ4v) is 2.88. The smallest absolute Gasteiger partial charge is 0.0417 e. The van der Waals surface area contributed by atoms with Gasteiger partial charge in [0.25, 0.3) is 0 Å². The number of hydrogen-bond donors (Lipinski definition) is 1. The quantitative estimate of drug-likeness (QED) is 0.787. The highest BCUT2D eigenvalue weighted by Gasteiger charge is 2.18. The summed E-state index contributed by atoms with van der Waals surface area (Å²) >= 11 is 0. The Balaban J connectivity index is 3.02. The number of nitrogens with zero attached hydrogens (tertiary/aromatic N) is 2. The number of benzene rings is 1. The Kier molecular flexibility index (Phi) is 7.03. The molecule has 3 heteroatoms. The average Bonchev–Trinajstić information content (AvgIpc) is 2.39. The molecule has 0 saturated heterocycles. The fourth-order valence-electron chi connectivity index (χ4n) is 2.88. The fraction of sp³-hybridized carbons (Fsp3) is 0.647. The maximum absolute atomic E-state index is 3.52. The number of nitrogens with one attached hydrogen (secondary N) is 1. The van der Waals surface area contributed by atoms with Gasteiger partial charge in [0.1, 0.15) is 0 Å². The molecule has 0 fully saturated rings. The van der Waals surface area contributed by atoms with Gasteiger partial charge in [0, 0.05) is 30.9 Å². The minimum Gasteiger partial charge on any atom is -0.368 e. The van der Waals surface area contributed by atoms with Crippen LogP contribution in [0.25, 0.3) is 0 Å². The van der Waals surface area contributed by atoms with Gasteiger partial charge in [-0.05, 0) is 53.0 Å². The molecule has 1 N–H and O–H groups in total. The predicted octanol–water partition coefficient (Wildman–Crippen LogP) is 3.13. The largest absolute Gasteiger partial charge is 0.368 e. The number of rotatable bonds is 8. The normalized spacial score (nSPS) is 14.3. The minimum absolute atomic E-state index is 0.386. The van der Waals surface area contributed by atoms with Crippen molar-refractivity contribution in [1.82, 2.24) is 10.2 Å². The Hall–Kier alpha value is -1.06. The number of para-hydroxylation sites is 1. The molecule has 0 bridgehead atoms. The van der Waals surface area contributed by atoms with E-state index in [1.54, 1.807) is 0 Å². The van der Waals surface area contributed by atoms with Gasteiger partial charge in [-0.1, -0.05) is 25.1 Å². The molecule has 0 amide bonds. The molecule has 114 valence electrons. The first-order valence-corrected chi connectivity index (χ1v) is 7.74. The number of likely N-dealkylation sites (N-methyl/N-ethyl adjacent to an activating group) is 2. The Morgan fingerprint density at radius 3 is 2.30 bits per heavy atom. The first-order chi connectivity index (χ1) is 9.51. The molecule has 1 aromatic carbocycles. The van der Waals surface area contributed by atoms with Gasteiger partial charge in [-0.15, -0.1) is 0 Å². The second kappa shape index (κ2) is 8.28. The van der Waals surface area contributed by atoms with Crippen LogP contribution in [0.15, 0.2) is 24.3 Å². The topological polar surface area (TPSA) is 18.5 Å². The maximum Gasteiger partial charge on any atom is 0.0417 e. The third kappa shape index (κ3) is 4.50. The van der Waals surface area contributed by atoms with Crippen LogP contribution >= 0.6 is 0 Å². The van der Waals surface area contributed by atoms with Crippen LogP contribution < -0.4 is 10.2 Å². The van der Waals surface area contributed by atoms with E-state index in [-0.39, 0.29) is 0 Å². The van der Waals surface area contributed by atoms with Crippen LogP contribution in [-0.4, -0.2) is 44.7 Å². The summed E-state index contributed by atoms with van der Waals surface area (Å²) in [4.78, 5) is 4.76. The van der Waals surface area contributed by atoms with E-state index in [0.717, 1.165) is 19.6 Å². The second-order valence-corrected chi connectivity index (χ2v) is 5.74. The van der Waals surface area contributed by atoms with Gasteiger partial charge in [-0.2, -0.15) is 0 Å². The summed E-state index contributed by atoms with van der Waals surface area (Å²) in [6.45, 7) is 12.0. The third-order valence-corrected chi connectivity index (χ3v) is 3.73. The Labute approximate surface area is 125 Å². The highest BCUT2D eigenvalue weighted by atomic mass is 15.2. The van der Waals surface area contributed by atoms with E-state index in [9.17, 15) is 0 Å². The first kappa shape index (κ1) is 17.0. The van der Waals surface area contributed by atoms with Gasteiger partial charge in [0.05, 0.1) is 0 Å². The van der Waals surface area contributed by atoms with Gasteiger partial charge in [-0.25, -0.2) is 0 Å². The summed E-state index contributed by atoms with van der Waals surface area (Å²) in [7, 11) is 4.27. The highest BCUT2D eigenvalue weighted by molar-refractivity contribution is 5.55. The minimum atomic E-state index is 0.386. The third-order valence-electron chi connectivity index (χ3n) is 3.73. The molecule has 20 heavy (non-hydrogen) atoms. The van der Waals surface area contributed by atoms with E-state index in [1.807, 2.05) is 0 Å². The van der Waals surface area contributed by atoms with E-state index >= 15 is 0 Å². The molecule has 0 aromatic heterocycles. The van der Waals surface area contributed by atoms with Crippen LogP contribution in [0.1, 0.15) is 39.3 Å². The molecule has 0 aliphatic carbocycles. The summed E-state index contributed by atoms with van der Waals surface area (Å²) in [6.07, 6.45) is 0. The highest BCUT2D eigenvalue weighted by Crippen LogP contribution is 2.27. The SMILES string of the molecule is CCNC(C)c1ccccc1N(CC)C(C)CN(C)C. The van der Waals surface area contributed by atoms with Crippen LogP contribution in [-0.2, 0) is 0 Å². The van der Waals surface area contributed by atoms with Crippen molar-refractivity contribution in [2.45, 2.75) is 39.8 Å². The number of anilines is 1. The summed E-state index contributed by atoms with van der Waals surface area (Å²) in [5, 5.41) is 3.52. The van der Waals surface area contributed by atoms with Crippen molar-refractivity contribution < 1.29 is 0 Å². The zero-order chi connectivity index (χ0) is 15.1. The molecular formula is C17H31N3. The zero-order valence-corrected chi connectivity index (χ0v) is 14.0. The van der Waals surface area contributed by atoms with Gasteiger partial charge in [0.2, 0.25) is 0 Å². The maximum atomic E-state index is 3.52. The lowest BCUT2D eigenvalue weighted by molar-refractivity contribution is 0.372. The van der Waals surface area contributed by atoms with E-state index in [4.69, 9.17) is 0 Å². The molecule has 0 saturated carbocycles. The molecule has 0 radical (unpaired) electrons. The molecule has 2 atom stereocenters. The Bertz CT molecular complexity index is 390. The van der Waals surface area contributed by atoms with E-state index in [0.29, 0.717) is 12.1 Å². The molecule has 0 aliphatic heterocycles. The Morgan fingerprint density at radius 1 is 1.10 bits per heavy atom. The molecule has 0 heterocycles. The van der Waals surface area contributed by atoms with Crippen LogP contribution in [0.4, 0.5) is 5.69 Å². The van der Waals surface area contributed by atoms with Gasteiger partial charge in [-0.3, -0.25) is 0 Å². The Morgan fingerprint density at radius 2 is 1.75 bits per heavy atom. The first-order valence-electron chi connectivity index (χ1n) is 7.74. The monoisotopic (exact) mass is 277 g/mol. The lowest BCUT2D eigenvalue weighted by atomic mass is 10.0. The molecule has 2 unspecified atom stereocenters. The van der Waals surface area contributed by atoms with Crippen molar-refractivity contribution in [2.75, 3.05) is 38.6 Å². The van der Waals surface area contributed by atoms with E-state index in [2.05, 4.69) is 81.2 Å². The molecule has 0 spiro atoms. The van der Waals surface area contributed by atoms with Crippen LogP contribution in [0.2, 0.25) is 0 Å². The van der Waals surface area contributed by atoms with Crippen LogP contribution in [0.5, 0.6) is 0 Å². The van der Waals surface area contributed by atoms with Gasteiger partial charge in [0.15, 0.2) is 0 Å². The van der Waals surface area contributed by atoms with Crippen molar-refractivity contribution in [3.05, 3.63) is 29.8 Å². The van der Waals surface area contributed by atoms with Crippen molar-refractivity contribution in [3.8, 4) is 0 Å². The molecular weight excluding hydrogens is 246 g/mol. The molecule has 0 aliphatic rings. The van der Waals surface area contributed by atoms with Gasteiger partial charge >= 0.3 is 0 Å². The summed E-state index contributed by atoms with van der Waals surface area (Å²) in [6, 6.07) is 9.66. The summed E-state index contributed by atoms with van der Waals surface area (Å²) in [5.74, 6) is 0. The molecule has 3 nitrogen and oxygen atoms in total. The summed E-state index contributed by atoms with van der Waals surface area (Å²) in [5.41, 5.74) is 2.75. The van der Waals surface area contributed by atoms with Crippen molar-refractivity contribution >= 4 is 5.69 Å². The van der Waals surface area contributed by atoms with E-state index < -0.39 is 0 Å².